The van der Waals surface area contributed by atoms with Crippen LogP contribution in [0.5, 0.6) is 0 Å². The van der Waals surface area contributed by atoms with Crippen LogP contribution in [0.4, 0.5) is 0 Å². The lowest BCUT2D eigenvalue weighted by atomic mass is 9.92. The van der Waals surface area contributed by atoms with E-state index in [-0.39, 0.29) is 29.0 Å². The van der Waals surface area contributed by atoms with E-state index < -0.39 is 0 Å². The molecule has 0 amide bonds. The summed E-state index contributed by atoms with van der Waals surface area (Å²) in [5.74, 6) is -0.175. The van der Waals surface area contributed by atoms with E-state index in [1.807, 2.05) is 19.1 Å². The average Bonchev–Trinajstić information content (AvgIpc) is 2.74. The fraction of sp³-hybridized carbons (Fsp3) is 0.438. The highest BCUT2D eigenvalue weighted by atomic mass is 79.9. The second kappa shape index (κ2) is 6.62. The number of carbonyl (C=O) groups excluding carboxylic acids is 1. The minimum atomic E-state index is -0.175. The molecular formula is C16H21BrN2O2. The monoisotopic (exact) mass is 352 g/mol. The molecule has 1 heterocycles. The minimum absolute atomic E-state index is 0. The number of carbonyl (C=O) groups is 1. The highest BCUT2D eigenvalue weighted by Crippen LogP contribution is 2.31. The Hall–Kier alpha value is -1.33. The molecule has 0 saturated carbocycles. The Morgan fingerprint density at radius 2 is 2.19 bits per heavy atom. The van der Waals surface area contributed by atoms with Gasteiger partial charge in [0.2, 0.25) is 0 Å². The normalized spacial score (nSPS) is 17.1. The first-order valence-electron chi connectivity index (χ1n) is 7.21. The first-order valence-corrected chi connectivity index (χ1v) is 7.21. The van der Waals surface area contributed by atoms with Crippen LogP contribution in [-0.4, -0.2) is 23.2 Å². The first-order chi connectivity index (χ1) is 9.70. The van der Waals surface area contributed by atoms with Gasteiger partial charge in [0.1, 0.15) is 6.54 Å². The average molecular weight is 353 g/mol. The molecule has 1 aliphatic carbocycles. The molecule has 1 atom stereocenters. The molecular weight excluding hydrogens is 332 g/mol. The summed E-state index contributed by atoms with van der Waals surface area (Å²) < 4.78 is 7.20. The SMILES string of the molecule is Br.CCOC(=O)Cn1c2c(c3ccccc31)CC(N)CC2. The van der Waals surface area contributed by atoms with Crippen molar-refractivity contribution in [3.63, 3.8) is 0 Å². The summed E-state index contributed by atoms with van der Waals surface area (Å²) in [6, 6.07) is 8.46. The molecule has 0 bridgehead atoms. The van der Waals surface area contributed by atoms with Crippen molar-refractivity contribution in [1.29, 1.82) is 0 Å². The van der Waals surface area contributed by atoms with Crippen LogP contribution in [0, 0.1) is 0 Å². The summed E-state index contributed by atoms with van der Waals surface area (Å²) in [5.41, 5.74) is 9.77. The molecule has 0 fully saturated rings. The molecule has 5 heteroatoms. The summed E-state index contributed by atoms with van der Waals surface area (Å²) in [5, 5.41) is 1.22. The van der Waals surface area contributed by atoms with Crippen LogP contribution in [0.1, 0.15) is 24.6 Å². The molecule has 0 saturated heterocycles. The summed E-state index contributed by atoms with van der Waals surface area (Å²) in [6.45, 7) is 2.55. The van der Waals surface area contributed by atoms with Crippen molar-refractivity contribution in [2.24, 2.45) is 5.73 Å². The molecule has 1 aromatic carbocycles. The Morgan fingerprint density at radius 3 is 2.95 bits per heavy atom. The van der Waals surface area contributed by atoms with E-state index in [9.17, 15) is 4.79 Å². The fourth-order valence-electron chi connectivity index (χ4n) is 3.14. The van der Waals surface area contributed by atoms with E-state index in [0.29, 0.717) is 13.2 Å². The smallest absolute Gasteiger partial charge is 0.325 e. The lowest BCUT2D eigenvalue weighted by molar-refractivity contribution is -0.143. The van der Waals surface area contributed by atoms with Crippen LogP contribution < -0.4 is 5.73 Å². The molecule has 0 radical (unpaired) electrons. The number of para-hydroxylation sites is 1. The number of rotatable bonds is 3. The zero-order valence-corrected chi connectivity index (χ0v) is 13.9. The Balaban J connectivity index is 0.00000161. The van der Waals surface area contributed by atoms with Crippen molar-refractivity contribution < 1.29 is 9.53 Å². The van der Waals surface area contributed by atoms with Crippen LogP contribution in [0.25, 0.3) is 10.9 Å². The van der Waals surface area contributed by atoms with E-state index in [0.717, 1.165) is 24.8 Å². The standard InChI is InChI=1S/C16H20N2O2.BrH/c1-2-20-16(19)10-18-14-6-4-3-5-12(14)13-9-11(17)7-8-15(13)18;/h3-6,11H,2,7-10,17H2,1H3;1H. The van der Waals surface area contributed by atoms with Crippen LogP contribution in [-0.2, 0) is 28.9 Å². The number of hydrogen-bond acceptors (Lipinski definition) is 3. The highest BCUT2D eigenvalue weighted by molar-refractivity contribution is 8.93. The van der Waals surface area contributed by atoms with Gasteiger partial charge in [-0.25, -0.2) is 0 Å². The second-order valence-corrected chi connectivity index (χ2v) is 5.34. The molecule has 3 rings (SSSR count). The Kier molecular flexibility index (Phi) is 5.06. The molecule has 4 nitrogen and oxygen atoms in total. The number of benzene rings is 1. The van der Waals surface area contributed by atoms with Gasteiger partial charge in [0.05, 0.1) is 6.61 Å². The molecule has 1 aliphatic rings. The Labute approximate surface area is 135 Å². The highest BCUT2D eigenvalue weighted by Gasteiger charge is 2.24. The lowest BCUT2D eigenvalue weighted by Gasteiger charge is -2.20. The maximum atomic E-state index is 11.8. The van der Waals surface area contributed by atoms with Crippen molar-refractivity contribution in [2.75, 3.05) is 6.61 Å². The van der Waals surface area contributed by atoms with Gasteiger partial charge in [-0.3, -0.25) is 4.79 Å². The van der Waals surface area contributed by atoms with Gasteiger partial charge < -0.3 is 15.0 Å². The maximum absolute atomic E-state index is 11.8. The Bertz CT molecular complexity index is 651. The largest absolute Gasteiger partial charge is 0.465 e. The number of esters is 1. The van der Waals surface area contributed by atoms with E-state index in [2.05, 4.69) is 16.7 Å². The summed E-state index contributed by atoms with van der Waals surface area (Å²) in [6.07, 6.45) is 2.81. The van der Waals surface area contributed by atoms with E-state index in [4.69, 9.17) is 10.5 Å². The van der Waals surface area contributed by atoms with Gasteiger partial charge in [0.25, 0.3) is 0 Å². The third-order valence-corrected chi connectivity index (χ3v) is 4.00. The molecule has 2 aromatic rings. The summed E-state index contributed by atoms with van der Waals surface area (Å²) in [7, 11) is 0. The van der Waals surface area contributed by atoms with Gasteiger partial charge in [-0.05, 0) is 37.8 Å². The van der Waals surface area contributed by atoms with Gasteiger partial charge in [-0.1, -0.05) is 18.2 Å². The van der Waals surface area contributed by atoms with Gasteiger partial charge in [-0.2, -0.15) is 0 Å². The maximum Gasteiger partial charge on any atom is 0.325 e. The molecule has 114 valence electrons. The fourth-order valence-corrected chi connectivity index (χ4v) is 3.14. The summed E-state index contributed by atoms with van der Waals surface area (Å²) in [4.78, 5) is 11.8. The van der Waals surface area contributed by atoms with Gasteiger partial charge in [-0.15, -0.1) is 17.0 Å². The predicted molar refractivity (Wildman–Crippen MR) is 88.9 cm³/mol. The molecule has 0 aliphatic heterocycles. The first kappa shape index (κ1) is 16.0. The number of aromatic nitrogens is 1. The number of nitrogens with zero attached hydrogens (tertiary/aromatic N) is 1. The number of halogens is 1. The minimum Gasteiger partial charge on any atom is -0.465 e. The van der Waals surface area contributed by atoms with Gasteiger partial charge >= 0.3 is 5.97 Å². The molecule has 1 unspecified atom stereocenters. The summed E-state index contributed by atoms with van der Waals surface area (Å²) >= 11 is 0. The zero-order chi connectivity index (χ0) is 14.1. The Morgan fingerprint density at radius 1 is 1.43 bits per heavy atom. The van der Waals surface area contributed by atoms with Gasteiger partial charge in [0.15, 0.2) is 0 Å². The number of ether oxygens (including phenoxy) is 1. The van der Waals surface area contributed by atoms with Crippen LogP contribution in [0.3, 0.4) is 0 Å². The number of hydrogen-bond donors (Lipinski definition) is 1. The number of nitrogens with two attached hydrogens (primary N) is 1. The lowest BCUT2D eigenvalue weighted by Crippen LogP contribution is -2.28. The van der Waals surface area contributed by atoms with Crippen LogP contribution in [0.2, 0.25) is 0 Å². The van der Waals surface area contributed by atoms with Crippen molar-refractivity contribution in [1.82, 2.24) is 4.57 Å². The van der Waals surface area contributed by atoms with Crippen molar-refractivity contribution in [3.05, 3.63) is 35.5 Å². The topological polar surface area (TPSA) is 57.2 Å². The van der Waals surface area contributed by atoms with Crippen molar-refractivity contribution in [2.45, 2.75) is 38.8 Å². The molecule has 21 heavy (non-hydrogen) atoms. The molecule has 0 spiro atoms. The molecule has 2 N–H and O–H groups in total. The second-order valence-electron chi connectivity index (χ2n) is 5.34. The van der Waals surface area contributed by atoms with Crippen LogP contribution in [0.15, 0.2) is 24.3 Å². The van der Waals surface area contributed by atoms with Crippen molar-refractivity contribution in [3.8, 4) is 0 Å². The third kappa shape index (κ3) is 2.99. The zero-order valence-electron chi connectivity index (χ0n) is 12.2. The number of fused-ring (bicyclic) bond motifs is 3. The van der Waals surface area contributed by atoms with E-state index in [1.54, 1.807) is 0 Å². The van der Waals surface area contributed by atoms with Crippen LogP contribution >= 0.6 is 17.0 Å². The van der Waals surface area contributed by atoms with E-state index >= 15 is 0 Å². The molecule has 1 aromatic heterocycles. The third-order valence-electron chi connectivity index (χ3n) is 4.00. The van der Waals surface area contributed by atoms with E-state index in [1.165, 1.54) is 16.6 Å². The van der Waals surface area contributed by atoms with Gasteiger partial charge in [0, 0.05) is 22.6 Å². The van der Waals surface area contributed by atoms with Crippen molar-refractivity contribution >= 4 is 33.9 Å². The predicted octanol–water partition coefficient (Wildman–Crippen LogP) is 2.60. The quantitative estimate of drug-likeness (QED) is 0.863.